The first-order valence-corrected chi connectivity index (χ1v) is 5.94. The predicted molar refractivity (Wildman–Crippen MR) is 62.8 cm³/mol. The minimum absolute atomic E-state index is 0.160. The Morgan fingerprint density at radius 1 is 1.69 bits per heavy atom. The van der Waals surface area contributed by atoms with E-state index in [1.165, 1.54) is 0 Å². The fourth-order valence-corrected chi connectivity index (χ4v) is 2.40. The maximum Gasteiger partial charge on any atom is 0.317 e. The number of carbonyl (C=O) groups is 1. The molecular formula is C10H12ClNO3S. The summed E-state index contributed by atoms with van der Waals surface area (Å²) in [6, 6.07) is 3.33. The number of hydrogen-bond donors (Lipinski definition) is 2. The summed E-state index contributed by atoms with van der Waals surface area (Å²) in [6.45, 7) is 1.55. The number of halogens is 1. The Labute approximate surface area is 103 Å². The molecule has 0 aliphatic carbocycles. The van der Waals surface area contributed by atoms with Crippen LogP contribution >= 0.6 is 23.4 Å². The van der Waals surface area contributed by atoms with Gasteiger partial charge in [-0.2, -0.15) is 0 Å². The van der Waals surface area contributed by atoms with E-state index in [-0.39, 0.29) is 6.42 Å². The van der Waals surface area contributed by atoms with Crippen LogP contribution in [0.15, 0.2) is 23.4 Å². The molecule has 88 valence electrons. The number of carboxylic acids is 1. The van der Waals surface area contributed by atoms with Crippen LogP contribution in [-0.4, -0.2) is 32.5 Å². The second-order valence-electron chi connectivity index (χ2n) is 3.32. The standard InChI is InChI=1S/C10H12ClNO3S/c1-6(13)5-8(10(14)15)16-9-7(11)3-2-4-12-9/h2-4,6,8,13H,5H2,1H3,(H,14,15). The van der Waals surface area contributed by atoms with Crippen molar-refractivity contribution in [2.45, 2.75) is 29.7 Å². The number of aliphatic hydroxyl groups is 1. The van der Waals surface area contributed by atoms with E-state index >= 15 is 0 Å². The van der Waals surface area contributed by atoms with E-state index in [9.17, 15) is 9.90 Å². The molecule has 0 saturated heterocycles. The van der Waals surface area contributed by atoms with Gasteiger partial charge in [0.1, 0.15) is 10.3 Å². The van der Waals surface area contributed by atoms with Crippen LogP contribution in [0.5, 0.6) is 0 Å². The van der Waals surface area contributed by atoms with Gasteiger partial charge in [0.2, 0.25) is 0 Å². The molecule has 0 amide bonds. The van der Waals surface area contributed by atoms with Crippen LogP contribution in [0.4, 0.5) is 0 Å². The van der Waals surface area contributed by atoms with Crippen molar-refractivity contribution < 1.29 is 15.0 Å². The number of carboxylic acid groups (broad SMARTS) is 1. The first-order valence-electron chi connectivity index (χ1n) is 4.68. The van der Waals surface area contributed by atoms with Gasteiger partial charge >= 0.3 is 5.97 Å². The lowest BCUT2D eigenvalue weighted by Crippen LogP contribution is -2.21. The van der Waals surface area contributed by atoms with Gasteiger partial charge in [-0.1, -0.05) is 23.4 Å². The summed E-state index contributed by atoms with van der Waals surface area (Å²) in [7, 11) is 0. The summed E-state index contributed by atoms with van der Waals surface area (Å²) >= 11 is 6.92. The van der Waals surface area contributed by atoms with Gasteiger partial charge in [-0.3, -0.25) is 4.79 Å². The average molecular weight is 262 g/mol. The molecule has 0 aliphatic rings. The van der Waals surface area contributed by atoms with E-state index in [4.69, 9.17) is 16.7 Å². The van der Waals surface area contributed by atoms with Crippen molar-refractivity contribution in [1.29, 1.82) is 0 Å². The first-order chi connectivity index (χ1) is 7.50. The molecule has 2 unspecified atom stereocenters. The molecule has 1 rings (SSSR count). The van der Waals surface area contributed by atoms with Crippen molar-refractivity contribution in [2.75, 3.05) is 0 Å². The van der Waals surface area contributed by atoms with Gasteiger partial charge in [-0.05, 0) is 25.5 Å². The third-order valence-electron chi connectivity index (χ3n) is 1.81. The quantitative estimate of drug-likeness (QED) is 0.794. The molecule has 1 heterocycles. The third kappa shape index (κ3) is 4.00. The highest BCUT2D eigenvalue weighted by Crippen LogP contribution is 2.30. The van der Waals surface area contributed by atoms with Crippen LogP contribution in [0.25, 0.3) is 0 Å². The first kappa shape index (κ1) is 13.3. The van der Waals surface area contributed by atoms with Crippen molar-refractivity contribution in [3.8, 4) is 0 Å². The number of thioether (sulfide) groups is 1. The van der Waals surface area contributed by atoms with Crippen molar-refractivity contribution in [3.05, 3.63) is 23.4 Å². The molecule has 6 heteroatoms. The molecule has 0 radical (unpaired) electrons. The lowest BCUT2D eigenvalue weighted by atomic mass is 10.2. The Morgan fingerprint density at radius 3 is 2.88 bits per heavy atom. The van der Waals surface area contributed by atoms with Gasteiger partial charge in [0.25, 0.3) is 0 Å². The van der Waals surface area contributed by atoms with Gasteiger partial charge in [0.15, 0.2) is 0 Å². The van der Waals surface area contributed by atoms with Crippen molar-refractivity contribution >= 4 is 29.3 Å². The van der Waals surface area contributed by atoms with Crippen LogP contribution in [0.2, 0.25) is 5.02 Å². The number of pyridine rings is 1. The zero-order chi connectivity index (χ0) is 12.1. The molecule has 0 aliphatic heterocycles. The molecule has 2 N–H and O–H groups in total. The zero-order valence-electron chi connectivity index (χ0n) is 8.63. The largest absolute Gasteiger partial charge is 0.480 e. The molecule has 16 heavy (non-hydrogen) atoms. The summed E-state index contributed by atoms with van der Waals surface area (Å²) in [6.07, 6.45) is 1.04. The monoisotopic (exact) mass is 261 g/mol. The Kier molecular flexibility index (Phi) is 5.05. The summed E-state index contributed by atoms with van der Waals surface area (Å²) in [5, 5.41) is 18.3. The van der Waals surface area contributed by atoms with E-state index in [1.807, 2.05) is 0 Å². The van der Waals surface area contributed by atoms with Crippen molar-refractivity contribution in [2.24, 2.45) is 0 Å². The summed E-state index contributed by atoms with van der Waals surface area (Å²) in [5.74, 6) is -0.979. The minimum atomic E-state index is -0.979. The maximum absolute atomic E-state index is 10.9. The normalized spacial score (nSPS) is 14.4. The van der Waals surface area contributed by atoms with E-state index < -0.39 is 17.3 Å². The summed E-state index contributed by atoms with van der Waals surface area (Å²) < 4.78 is 0. The summed E-state index contributed by atoms with van der Waals surface area (Å²) in [4.78, 5) is 14.9. The molecule has 0 spiro atoms. The molecule has 0 saturated carbocycles. The second kappa shape index (κ2) is 6.08. The Bertz CT molecular complexity index is 373. The molecule has 0 aromatic carbocycles. The number of aromatic nitrogens is 1. The van der Waals surface area contributed by atoms with Crippen LogP contribution in [-0.2, 0) is 4.79 Å². The van der Waals surface area contributed by atoms with Crippen molar-refractivity contribution in [3.63, 3.8) is 0 Å². The molecule has 4 nitrogen and oxygen atoms in total. The molecule has 1 aromatic rings. The number of rotatable bonds is 5. The maximum atomic E-state index is 10.9. The molecule has 2 atom stereocenters. The fraction of sp³-hybridized carbons (Fsp3) is 0.400. The number of nitrogens with zero attached hydrogens (tertiary/aromatic N) is 1. The van der Waals surface area contributed by atoms with Gasteiger partial charge in [-0.25, -0.2) is 4.98 Å². The zero-order valence-corrected chi connectivity index (χ0v) is 10.2. The number of aliphatic carboxylic acids is 1. The summed E-state index contributed by atoms with van der Waals surface area (Å²) in [5.41, 5.74) is 0. The third-order valence-corrected chi connectivity index (χ3v) is 3.45. The highest BCUT2D eigenvalue weighted by Gasteiger charge is 2.22. The molecule has 1 aromatic heterocycles. The van der Waals surface area contributed by atoms with E-state index in [0.717, 1.165) is 11.8 Å². The average Bonchev–Trinajstić information content (AvgIpc) is 2.19. The minimum Gasteiger partial charge on any atom is -0.480 e. The van der Waals surface area contributed by atoms with Crippen LogP contribution in [0.1, 0.15) is 13.3 Å². The number of hydrogen-bond acceptors (Lipinski definition) is 4. The van der Waals surface area contributed by atoms with E-state index in [2.05, 4.69) is 4.98 Å². The Hall–Kier alpha value is -0.780. The van der Waals surface area contributed by atoms with Crippen LogP contribution in [0, 0.1) is 0 Å². The van der Waals surface area contributed by atoms with Crippen molar-refractivity contribution in [1.82, 2.24) is 4.98 Å². The van der Waals surface area contributed by atoms with Gasteiger partial charge in [0, 0.05) is 6.20 Å². The van der Waals surface area contributed by atoms with Crippen LogP contribution < -0.4 is 0 Å². The van der Waals surface area contributed by atoms with E-state index in [1.54, 1.807) is 25.3 Å². The second-order valence-corrected chi connectivity index (χ2v) is 4.92. The topological polar surface area (TPSA) is 70.4 Å². The molecule has 0 fully saturated rings. The van der Waals surface area contributed by atoms with Crippen LogP contribution in [0.3, 0.4) is 0 Å². The fourth-order valence-electron chi connectivity index (χ4n) is 1.10. The Morgan fingerprint density at radius 2 is 2.38 bits per heavy atom. The highest BCUT2D eigenvalue weighted by atomic mass is 35.5. The predicted octanol–water partition coefficient (Wildman–Crippen LogP) is 2.05. The van der Waals surface area contributed by atoms with Gasteiger partial charge < -0.3 is 10.2 Å². The Balaban J connectivity index is 2.76. The lowest BCUT2D eigenvalue weighted by molar-refractivity contribution is -0.136. The van der Waals surface area contributed by atoms with Gasteiger partial charge in [0.05, 0.1) is 11.1 Å². The smallest absolute Gasteiger partial charge is 0.317 e. The molecule has 0 bridgehead atoms. The SMILES string of the molecule is CC(O)CC(Sc1ncccc1Cl)C(=O)O. The lowest BCUT2D eigenvalue weighted by Gasteiger charge is -2.13. The molecular weight excluding hydrogens is 250 g/mol. The number of aliphatic hydroxyl groups excluding tert-OH is 1. The highest BCUT2D eigenvalue weighted by molar-refractivity contribution is 8.00. The van der Waals surface area contributed by atoms with E-state index in [0.29, 0.717) is 10.0 Å². The van der Waals surface area contributed by atoms with Gasteiger partial charge in [-0.15, -0.1) is 0 Å².